The summed E-state index contributed by atoms with van der Waals surface area (Å²) in [7, 11) is 3.16. The van der Waals surface area contributed by atoms with Crippen LogP contribution in [0.15, 0.2) is 36.4 Å². The van der Waals surface area contributed by atoms with Crippen molar-refractivity contribution in [1.82, 2.24) is 10.2 Å². The van der Waals surface area contributed by atoms with Crippen molar-refractivity contribution < 1.29 is 19.4 Å². The minimum absolute atomic E-state index is 0.0178. The van der Waals surface area contributed by atoms with Gasteiger partial charge in [0.05, 0.1) is 19.9 Å². The molecule has 0 aliphatic rings. The lowest BCUT2D eigenvalue weighted by atomic mass is 10.0. The third kappa shape index (κ3) is 2.14. The van der Waals surface area contributed by atoms with Crippen molar-refractivity contribution in [1.29, 1.82) is 0 Å². The van der Waals surface area contributed by atoms with Crippen LogP contribution in [0.25, 0.3) is 22.0 Å². The lowest BCUT2D eigenvalue weighted by Crippen LogP contribution is -1.95. The van der Waals surface area contributed by atoms with Crippen molar-refractivity contribution in [2.45, 2.75) is 0 Å². The van der Waals surface area contributed by atoms with Crippen LogP contribution in [-0.4, -0.2) is 35.5 Å². The number of methoxy groups -OCH3 is 2. The van der Waals surface area contributed by atoms with Crippen LogP contribution in [0.2, 0.25) is 0 Å². The Balaban J connectivity index is 2.30. The number of ether oxygens (including phenoxy) is 2. The summed E-state index contributed by atoms with van der Waals surface area (Å²) in [5.74, 6) is 0.233. The van der Waals surface area contributed by atoms with E-state index in [1.165, 1.54) is 6.07 Å². The smallest absolute Gasteiger partial charge is 0.353 e. The van der Waals surface area contributed by atoms with Gasteiger partial charge in [-0.25, -0.2) is 4.79 Å². The Morgan fingerprint density at radius 3 is 2.45 bits per heavy atom. The molecule has 2 N–H and O–H groups in total. The average molecular weight is 298 g/mol. The lowest BCUT2D eigenvalue weighted by molar-refractivity contribution is 0.0690. The van der Waals surface area contributed by atoms with Gasteiger partial charge in [-0.05, 0) is 12.1 Å². The lowest BCUT2D eigenvalue weighted by Gasteiger charge is -2.13. The van der Waals surface area contributed by atoms with Gasteiger partial charge in [-0.1, -0.05) is 24.3 Å². The van der Waals surface area contributed by atoms with Crippen molar-refractivity contribution >= 4 is 16.7 Å². The molecule has 0 bridgehead atoms. The van der Waals surface area contributed by atoms with Crippen LogP contribution in [0.1, 0.15) is 10.5 Å². The summed E-state index contributed by atoms with van der Waals surface area (Å²) in [4.78, 5) is 11.0. The fourth-order valence-corrected chi connectivity index (χ4v) is 2.46. The van der Waals surface area contributed by atoms with Crippen molar-refractivity contribution in [2.24, 2.45) is 0 Å². The van der Waals surface area contributed by atoms with Gasteiger partial charge in [-0.3, -0.25) is 5.10 Å². The van der Waals surface area contributed by atoms with E-state index in [0.717, 1.165) is 10.8 Å². The van der Waals surface area contributed by atoms with Crippen LogP contribution < -0.4 is 9.47 Å². The average Bonchev–Trinajstić information content (AvgIpc) is 3.03. The first-order chi connectivity index (χ1) is 10.7. The fraction of sp³-hybridized carbons (Fsp3) is 0.125. The Morgan fingerprint density at radius 1 is 1.14 bits per heavy atom. The molecule has 0 saturated heterocycles. The number of carbonyl (C=O) groups is 1. The van der Waals surface area contributed by atoms with Gasteiger partial charge in [0.1, 0.15) is 17.2 Å². The number of nitrogens with one attached hydrogen (secondary N) is 1. The predicted molar refractivity (Wildman–Crippen MR) is 81.6 cm³/mol. The van der Waals surface area contributed by atoms with Crippen LogP contribution in [0.4, 0.5) is 0 Å². The maximum Gasteiger partial charge on any atom is 0.353 e. The van der Waals surface area contributed by atoms with Crippen molar-refractivity contribution in [3.8, 4) is 22.8 Å². The van der Waals surface area contributed by atoms with E-state index in [2.05, 4.69) is 10.2 Å². The molecule has 112 valence electrons. The highest BCUT2D eigenvalue weighted by Crippen LogP contribution is 2.41. The molecular formula is C16H14N2O4. The second kappa shape index (κ2) is 5.40. The molecule has 3 aromatic rings. The number of carboxylic acids is 1. The summed E-state index contributed by atoms with van der Waals surface area (Å²) in [6.07, 6.45) is 0. The predicted octanol–water partition coefficient (Wildman–Crippen LogP) is 2.95. The normalized spacial score (nSPS) is 10.6. The van der Waals surface area contributed by atoms with Gasteiger partial charge in [-0.15, -0.1) is 0 Å². The number of H-pyrrole nitrogens is 1. The highest BCUT2D eigenvalue weighted by atomic mass is 16.5. The van der Waals surface area contributed by atoms with Gasteiger partial charge in [0, 0.05) is 16.3 Å². The molecule has 0 spiro atoms. The first kappa shape index (κ1) is 13.9. The van der Waals surface area contributed by atoms with E-state index in [4.69, 9.17) is 14.6 Å². The molecule has 6 heteroatoms. The molecule has 0 amide bonds. The second-order valence-electron chi connectivity index (χ2n) is 4.68. The molecule has 0 aliphatic carbocycles. The third-order valence-corrected chi connectivity index (χ3v) is 3.47. The molecule has 0 fully saturated rings. The number of aromatic carboxylic acids is 1. The van der Waals surface area contributed by atoms with E-state index < -0.39 is 5.97 Å². The van der Waals surface area contributed by atoms with Crippen LogP contribution >= 0.6 is 0 Å². The van der Waals surface area contributed by atoms with Crippen molar-refractivity contribution in [2.75, 3.05) is 14.2 Å². The Bertz CT molecular complexity index is 854. The third-order valence-electron chi connectivity index (χ3n) is 3.47. The van der Waals surface area contributed by atoms with E-state index in [-0.39, 0.29) is 5.69 Å². The van der Waals surface area contributed by atoms with Gasteiger partial charge in [0.25, 0.3) is 0 Å². The molecule has 0 unspecified atom stereocenters. The molecule has 0 radical (unpaired) electrons. The Kier molecular flexibility index (Phi) is 3.42. The zero-order chi connectivity index (χ0) is 15.7. The highest BCUT2D eigenvalue weighted by Gasteiger charge is 2.18. The molecule has 0 saturated carbocycles. The number of rotatable bonds is 4. The van der Waals surface area contributed by atoms with E-state index in [0.29, 0.717) is 22.8 Å². The number of nitrogens with zero attached hydrogens (tertiary/aromatic N) is 1. The standard InChI is InChI=1S/C16H14N2O4/c1-21-14-7-11(12-8-13(16(19)20)18-17-12)15(22-2)10-6-4-3-5-9(10)14/h3-8H,1-2H3,(H,17,18)(H,19,20). The Hall–Kier alpha value is -3.02. The van der Waals surface area contributed by atoms with Crippen molar-refractivity contribution in [3.05, 3.63) is 42.1 Å². The number of aromatic amines is 1. The maximum atomic E-state index is 11.0. The fourth-order valence-electron chi connectivity index (χ4n) is 2.46. The van der Waals surface area contributed by atoms with Crippen molar-refractivity contribution in [3.63, 3.8) is 0 Å². The molecule has 3 rings (SSSR count). The largest absolute Gasteiger partial charge is 0.496 e. The summed E-state index contributed by atoms with van der Waals surface area (Å²) >= 11 is 0. The molecule has 22 heavy (non-hydrogen) atoms. The number of hydrogen-bond acceptors (Lipinski definition) is 4. The van der Waals surface area contributed by atoms with Crippen LogP contribution in [0.3, 0.4) is 0 Å². The molecule has 1 aromatic heterocycles. The molecular weight excluding hydrogens is 284 g/mol. The van der Waals surface area contributed by atoms with Gasteiger partial charge in [0.2, 0.25) is 0 Å². The van der Waals surface area contributed by atoms with E-state index in [1.807, 2.05) is 24.3 Å². The molecule has 1 heterocycles. The molecule has 0 aliphatic heterocycles. The Morgan fingerprint density at radius 2 is 1.86 bits per heavy atom. The quantitative estimate of drug-likeness (QED) is 0.773. The van der Waals surface area contributed by atoms with Crippen LogP contribution in [-0.2, 0) is 0 Å². The van der Waals surface area contributed by atoms with E-state index in [9.17, 15) is 4.79 Å². The minimum Gasteiger partial charge on any atom is -0.496 e. The number of carboxylic acid groups (broad SMARTS) is 1. The number of aromatic nitrogens is 2. The SMILES string of the molecule is COc1cc(-c2cc(C(=O)O)[nH]n2)c(OC)c2ccccc12. The Labute approximate surface area is 126 Å². The van der Waals surface area contributed by atoms with E-state index >= 15 is 0 Å². The zero-order valence-corrected chi connectivity index (χ0v) is 12.1. The van der Waals surface area contributed by atoms with Gasteiger partial charge >= 0.3 is 5.97 Å². The molecule has 0 atom stereocenters. The van der Waals surface area contributed by atoms with Crippen LogP contribution in [0, 0.1) is 0 Å². The number of fused-ring (bicyclic) bond motifs is 1. The highest BCUT2D eigenvalue weighted by molar-refractivity contribution is 5.99. The minimum atomic E-state index is -1.06. The first-order valence-electron chi connectivity index (χ1n) is 6.58. The summed E-state index contributed by atoms with van der Waals surface area (Å²) in [6, 6.07) is 10.9. The monoisotopic (exact) mass is 298 g/mol. The first-order valence-corrected chi connectivity index (χ1v) is 6.58. The molecule has 6 nitrogen and oxygen atoms in total. The van der Waals surface area contributed by atoms with Crippen LogP contribution in [0.5, 0.6) is 11.5 Å². The zero-order valence-electron chi connectivity index (χ0n) is 12.1. The topological polar surface area (TPSA) is 84.4 Å². The van der Waals surface area contributed by atoms with Gasteiger partial charge in [-0.2, -0.15) is 5.10 Å². The maximum absolute atomic E-state index is 11.0. The summed E-state index contributed by atoms with van der Waals surface area (Å²) in [5.41, 5.74) is 1.17. The van der Waals surface area contributed by atoms with Gasteiger partial charge < -0.3 is 14.6 Å². The van der Waals surface area contributed by atoms with E-state index in [1.54, 1.807) is 20.3 Å². The molecule has 2 aromatic carbocycles. The summed E-state index contributed by atoms with van der Waals surface area (Å²) in [6.45, 7) is 0. The summed E-state index contributed by atoms with van der Waals surface area (Å²) in [5, 5.41) is 17.4. The number of hydrogen-bond donors (Lipinski definition) is 2. The van der Waals surface area contributed by atoms with Gasteiger partial charge in [0.15, 0.2) is 0 Å². The summed E-state index contributed by atoms with van der Waals surface area (Å²) < 4.78 is 11.0. The second-order valence-corrected chi connectivity index (χ2v) is 4.68. The number of benzene rings is 2.